The van der Waals surface area contributed by atoms with E-state index in [2.05, 4.69) is 20.6 Å². The number of nitrogens with one attached hydrogen (secondary N) is 2. The number of piperidine rings is 2. The van der Waals surface area contributed by atoms with Crippen LogP contribution in [-0.2, 0) is 0 Å². The Morgan fingerprint density at radius 3 is 3.00 bits per heavy atom. The monoisotopic (exact) mass is 388 g/mol. The van der Waals surface area contributed by atoms with Gasteiger partial charge in [0.05, 0.1) is 16.9 Å². The van der Waals surface area contributed by atoms with Gasteiger partial charge in [0.25, 0.3) is 5.91 Å². The first-order valence-corrected chi connectivity index (χ1v) is 9.88. The van der Waals surface area contributed by atoms with Crippen LogP contribution in [0.2, 0.25) is 5.02 Å². The van der Waals surface area contributed by atoms with Crippen LogP contribution >= 0.6 is 22.9 Å². The molecule has 2 bridgehead atoms. The molecule has 0 radical (unpaired) electrons. The van der Waals surface area contributed by atoms with Gasteiger partial charge in [-0.25, -0.2) is 9.50 Å². The summed E-state index contributed by atoms with van der Waals surface area (Å²) in [6, 6.07) is 2.95. The van der Waals surface area contributed by atoms with E-state index in [4.69, 9.17) is 16.6 Å². The fourth-order valence-electron chi connectivity index (χ4n) is 3.73. The number of piperazine rings is 1. The third kappa shape index (κ3) is 2.65. The number of aromatic nitrogens is 3. The number of carbonyl (C=O) groups is 1. The first-order valence-electron chi connectivity index (χ1n) is 8.56. The van der Waals surface area contributed by atoms with Crippen LogP contribution in [0.5, 0.6) is 0 Å². The van der Waals surface area contributed by atoms with E-state index in [9.17, 15) is 4.79 Å². The molecule has 26 heavy (non-hydrogen) atoms. The Labute approximate surface area is 159 Å². The van der Waals surface area contributed by atoms with Crippen molar-refractivity contribution in [2.75, 3.05) is 23.3 Å². The molecule has 1 unspecified atom stereocenters. The van der Waals surface area contributed by atoms with Crippen molar-refractivity contribution in [2.45, 2.75) is 24.9 Å². The van der Waals surface area contributed by atoms with Crippen molar-refractivity contribution in [1.29, 1.82) is 0 Å². The summed E-state index contributed by atoms with van der Waals surface area (Å²) < 4.78 is 1.63. The van der Waals surface area contributed by atoms with Gasteiger partial charge in [0.1, 0.15) is 11.4 Å². The average molecular weight is 389 g/mol. The van der Waals surface area contributed by atoms with Gasteiger partial charge in [-0.05, 0) is 18.9 Å². The van der Waals surface area contributed by atoms with Crippen molar-refractivity contribution in [3.05, 3.63) is 39.8 Å². The zero-order valence-corrected chi connectivity index (χ0v) is 15.4. The van der Waals surface area contributed by atoms with E-state index < -0.39 is 0 Å². The maximum Gasteiger partial charge on any atom is 0.261 e. The van der Waals surface area contributed by atoms with Crippen molar-refractivity contribution in [2.24, 2.45) is 0 Å². The third-order valence-corrected chi connectivity index (χ3v) is 6.29. The molecular weight excluding hydrogens is 372 g/mol. The van der Waals surface area contributed by atoms with Gasteiger partial charge < -0.3 is 15.5 Å². The molecule has 9 heteroatoms. The number of carbonyl (C=O) groups excluding carboxylic acids is 1. The molecule has 3 aromatic heterocycles. The highest BCUT2D eigenvalue weighted by molar-refractivity contribution is 7.09. The highest BCUT2D eigenvalue weighted by Gasteiger charge is 2.34. The Bertz CT molecular complexity index is 977. The molecule has 6 rings (SSSR count). The molecule has 3 aromatic rings. The van der Waals surface area contributed by atoms with Crippen LogP contribution in [-0.4, -0.2) is 45.7 Å². The molecule has 7 nitrogen and oxygen atoms in total. The SMILES string of the molecule is O=C(Nc1cscc1Cl)c1cnn2ccc(N3C[C@@H]4CCC3CN4)nc12. The average Bonchev–Trinajstić information content (AvgIpc) is 3.28. The summed E-state index contributed by atoms with van der Waals surface area (Å²) in [5.74, 6) is 0.642. The van der Waals surface area contributed by atoms with Gasteiger partial charge in [-0.3, -0.25) is 4.79 Å². The van der Waals surface area contributed by atoms with Gasteiger partial charge in [0, 0.05) is 42.1 Å². The second kappa shape index (κ2) is 6.22. The van der Waals surface area contributed by atoms with Crippen LogP contribution in [0.3, 0.4) is 0 Å². The molecule has 2 atom stereocenters. The molecule has 3 saturated heterocycles. The van der Waals surface area contributed by atoms with Gasteiger partial charge in [0.15, 0.2) is 5.65 Å². The predicted molar refractivity (Wildman–Crippen MR) is 102 cm³/mol. The van der Waals surface area contributed by atoms with Crippen molar-refractivity contribution in [1.82, 2.24) is 19.9 Å². The van der Waals surface area contributed by atoms with E-state index in [0.29, 0.717) is 34.0 Å². The molecule has 3 aliphatic heterocycles. The summed E-state index contributed by atoms with van der Waals surface area (Å²) in [6.07, 6.45) is 5.80. The molecule has 0 saturated carbocycles. The van der Waals surface area contributed by atoms with E-state index in [1.165, 1.54) is 24.2 Å². The summed E-state index contributed by atoms with van der Waals surface area (Å²) in [6.45, 7) is 1.94. The maximum atomic E-state index is 12.7. The van der Waals surface area contributed by atoms with E-state index in [1.807, 2.05) is 17.6 Å². The lowest BCUT2D eigenvalue weighted by atomic mass is 9.93. The highest BCUT2D eigenvalue weighted by atomic mass is 35.5. The lowest BCUT2D eigenvalue weighted by molar-refractivity contribution is 0.102. The summed E-state index contributed by atoms with van der Waals surface area (Å²) >= 11 is 7.51. The molecule has 3 aliphatic rings. The van der Waals surface area contributed by atoms with Crippen LogP contribution in [0, 0.1) is 0 Å². The summed E-state index contributed by atoms with van der Waals surface area (Å²) in [7, 11) is 0. The molecule has 134 valence electrons. The minimum atomic E-state index is -0.258. The Morgan fingerprint density at radius 2 is 2.31 bits per heavy atom. The highest BCUT2D eigenvalue weighted by Crippen LogP contribution is 2.29. The Balaban J connectivity index is 1.47. The molecule has 2 N–H and O–H groups in total. The number of thiophene rings is 1. The minimum absolute atomic E-state index is 0.258. The molecule has 0 aliphatic carbocycles. The van der Waals surface area contributed by atoms with E-state index in [0.717, 1.165) is 18.9 Å². The Morgan fingerprint density at radius 1 is 1.38 bits per heavy atom. The standard InChI is InChI=1S/C17H17ClN6OS/c18-13-8-26-9-14(13)21-17(25)12-6-20-24-4-3-15(22-16(12)24)23-7-10-1-2-11(23)5-19-10/h3-4,6,8-11,19H,1-2,5,7H2,(H,21,25)/t10-,11?/m0/s1. The normalized spacial score (nSPS) is 22.1. The van der Waals surface area contributed by atoms with Gasteiger partial charge in [-0.15, -0.1) is 11.3 Å². The number of fused-ring (bicyclic) bond motifs is 4. The van der Waals surface area contributed by atoms with E-state index in [1.54, 1.807) is 16.1 Å². The number of rotatable bonds is 3. The Hall–Kier alpha value is -2.16. The molecular formula is C17H17ClN6OS. The second-order valence-electron chi connectivity index (χ2n) is 6.69. The number of halogens is 1. The maximum absolute atomic E-state index is 12.7. The van der Waals surface area contributed by atoms with Crippen molar-refractivity contribution in [3.8, 4) is 0 Å². The van der Waals surface area contributed by atoms with Gasteiger partial charge >= 0.3 is 0 Å². The van der Waals surface area contributed by atoms with Crippen LogP contribution in [0.4, 0.5) is 11.5 Å². The number of nitrogens with zero attached hydrogens (tertiary/aromatic N) is 4. The number of hydrogen-bond donors (Lipinski definition) is 2. The lowest BCUT2D eigenvalue weighted by Crippen LogP contribution is -2.61. The first-order chi connectivity index (χ1) is 12.7. The van der Waals surface area contributed by atoms with Crippen LogP contribution < -0.4 is 15.5 Å². The predicted octanol–water partition coefficient (Wildman–Crippen LogP) is 2.64. The van der Waals surface area contributed by atoms with Crippen molar-refractivity contribution < 1.29 is 4.79 Å². The molecule has 6 heterocycles. The topological polar surface area (TPSA) is 74.6 Å². The van der Waals surface area contributed by atoms with Gasteiger partial charge in [-0.1, -0.05) is 11.6 Å². The first kappa shape index (κ1) is 16.0. The number of anilines is 2. The van der Waals surface area contributed by atoms with E-state index in [-0.39, 0.29) is 5.91 Å². The van der Waals surface area contributed by atoms with Crippen molar-refractivity contribution >= 4 is 46.0 Å². The van der Waals surface area contributed by atoms with Gasteiger partial charge in [0.2, 0.25) is 0 Å². The van der Waals surface area contributed by atoms with Crippen LogP contribution in [0.1, 0.15) is 23.2 Å². The number of amides is 1. The largest absolute Gasteiger partial charge is 0.351 e. The van der Waals surface area contributed by atoms with Crippen molar-refractivity contribution in [3.63, 3.8) is 0 Å². The molecule has 1 amide bonds. The summed E-state index contributed by atoms with van der Waals surface area (Å²) in [4.78, 5) is 19.8. The fraction of sp³-hybridized carbons (Fsp3) is 0.353. The fourth-order valence-corrected chi connectivity index (χ4v) is 4.69. The molecule has 3 fully saturated rings. The van der Waals surface area contributed by atoms with E-state index >= 15 is 0 Å². The molecule has 0 aromatic carbocycles. The third-order valence-electron chi connectivity index (χ3n) is 5.10. The summed E-state index contributed by atoms with van der Waals surface area (Å²) in [5, 5.41) is 14.8. The number of hydrogen-bond acceptors (Lipinski definition) is 6. The van der Waals surface area contributed by atoms with Gasteiger partial charge in [-0.2, -0.15) is 5.10 Å². The zero-order valence-electron chi connectivity index (χ0n) is 13.9. The quantitative estimate of drug-likeness (QED) is 0.721. The second-order valence-corrected chi connectivity index (χ2v) is 7.84. The summed E-state index contributed by atoms with van der Waals surface area (Å²) in [5.41, 5.74) is 1.60. The molecule has 0 spiro atoms. The Kier molecular flexibility index (Phi) is 3.84. The van der Waals surface area contributed by atoms with Crippen LogP contribution in [0.15, 0.2) is 29.2 Å². The lowest BCUT2D eigenvalue weighted by Gasteiger charge is -2.46. The minimum Gasteiger partial charge on any atom is -0.351 e. The zero-order chi connectivity index (χ0) is 17.7. The van der Waals surface area contributed by atoms with Crippen LogP contribution in [0.25, 0.3) is 5.65 Å². The smallest absolute Gasteiger partial charge is 0.261 e.